The van der Waals surface area contributed by atoms with Crippen molar-refractivity contribution in [2.75, 3.05) is 18.8 Å². The van der Waals surface area contributed by atoms with Crippen molar-refractivity contribution in [1.82, 2.24) is 4.90 Å². The van der Waals surface area contributed by atoms with Crippen LogP contribution in [0.15, 0.2) is 0 Å². The third-order valence-corrected chi connectivity index (χ3v) is 3.96. The molecule has 0 aromatic heterocycles. The minimum absolute atomic E-state index is 0.837. The highest BCUT2D eigenvalue weighted by Crippen LogP contribution is 2.26. The van der Waals surface area contributed by atoms with Crippen molar-refractivity contribution in [2.45, 2.75) is 44.9 Å². The van der Waals surface area contributed by atoms with Gasteiger partial charge >= 0.3 is 0 Å². The van der Waals surface area contributed by atoms with Gasteiger partial charge in [0.15, 0.2) is 0 Å². The van der Waals surface area contributed by atoms with E-state index in [9.17, 15) is 0 Å². The summed E-state index contributed by atoms with van der Waals surface area (Å²) in [7, 11) is 0. The van der Waals surface area contributed by atoms with Crippen molar-refractivity contribution in [3.63, 3.8) is 0 Å². The summed E-state index contributed by atoms with van der Waals surface area (Å²) in [4.78, 5) is 2.67. The molecule has 1 aliphatic heterocycles. The topological polar surface area (TPSA) is 3.24 Å². The molecule has 0 spiro atoms. The maximum Gasteiger partial charge on any atom is 0.0209 e. The van der Waals surface area contributed by atoms with E-state index in [-0.39, 0.29) is 0 Å². The van der Waals surface area contributed by atoms with Gasteiger partial charge in [0, 0.05) is 23.6 Å². The van der Waals surface area contributed by atoms with Crippen LogP contribution in [0, 0.1) is 0 Å². The van der Waals surface area contributed by atoms with Gasteiger partial charge < -0.3 is 0 Å². The van der Waals surface area contributed by atoms with E-state index in [0.29, 0.717) is 0 Å². The first-order valence-corrected chi connectivity index (χ1v) is 6.20. The molecule has 12 heavy (non-hydrogen) atoms. The van der Waals surface area contributed by atoms with E-state index < -0.39 is 0 Å². The van der Waals surface area contributed by atoms with Gasteiger partial charge in [0.2, 0.25) is 0 Å². The van der Waals surface area contributed by atoms with Gasteiger partial charge in [-0.3, -0.25) is 4.90 Å². The van der Waals surface area contributed by atoms with Crippen LogP contribution < -0.4 is 0 Å². The second-order valence-electron chi connectivity index (χ2n) is 3.59. The van der Waals surface area contributed by atoms with Gasteiger partial charge in [0.05, 0.1) is 0 Å². The van der Waals surface area contributed by atoms with E-state index in [0.717, 1.165) is 11.3 Å². The Kier molecular flexibility index (Phi) is 4.44. The van der Waals surface area contributed by atoms with Crippen molar-refractivity contribution >= 4 is 11.8 Å². The van der Waals surface area contributed by atoms with Crippen LogP contribution in [-0.4, -0.2) is 35.0 Å². The molecule has 2 unspecified atom stereocenters. The molecule has 0 saturated carbocycles. The van der Waals surface area contributed by atoms with Crippen LogP contribution in [0.1, 0.15) is 33.6 Å². The highest BCUT2D eigenvalue weighted by molar-refractivity contribution is 8.00. The molecule has 1 rings (SSSR count). The summed E-state index contributed by atoms with van der Waals surface area (Å²) in [5, 5.41) is 0.843. The largest absolute Gasteiger partial charge is 0.298 e. The Morgan fingerprint density at radius 1 is 1.42 bits per heavy atom. The smallest absolute Gasteiger partial charge is 0.0209 e. The summed E-state index contributed by atoms with van der Waals surface area (Å²) in [6.07, 6.45) is 2.61. The fourth-order valence-electron chi connectivity index (χ4n) is 2.08. The van der Waals surface area contributed by atoms with Gasteiger partial charge in [-0.05, 0) is 19.4 Å². The molecule has 0 radical (unpaired) electrons. The predicted octanol–water partition coefficient (Wildman–Crippen LogP) is 2.61. The minimum atomic E-state index is 0.837. The lowest BCUT2D eigenvalue weighted by Gasteiger charge is -2.39. The van der Waals surface area contributed by atoms with Gasteiger partial charge in [-0.25, -0.2) is 0 Å². The van der Waals surface area contributed by atoms with Crippen molar-refractivity contribution in [2.24, 2.45) is 0 Å². The maximum atomic E-state index is 2.67. The van der Waals surface area contributed by atoms with E-state index in [1.165, 1.54) is 31.7 Å². The zero-order valence-electron chi connectivity index (χ0n) is 8.55. The first kappa shape index (κ1) is 10.4. The molecule has 0 N–H and O–H groups in total. The van der Waals surface area contributed by atoms with E-state index in [4.69, 9.17) is 0 Å². The number of hydrogen-bond acceptors (Lipinski definition) is 2. The van der Waals surface area contributed by atoms with E-state index in [1.807, 2.05) is 0 Å². The Hall–Kier alpha value is 0.310. The molecular formula is C10H21NS. The number of thioether (sulfide) groups is 1. The Balaban J connectivity index is 2.45. The lowest BCUT2D eigenvalue weighted by atomic mass is 10.1. The molecular weight excluding hydrogens is 166 g/mol. The lowest BCUT2D eigenvalue weighted by Crippen LogP contribution is -2.46. The zero-order chi connectivity index (χ0) is 8.97. The normalized spacial score (nSPS) is 32.2. The SMILES string of the molecule is CCCN1CCSC(C)C1CC. The van der Waals surface area contributed by atoms with Crippen LogP contribution in [0.2, 0.25) is 0 Å². The fourth-order valence-corrected chi connectivity index (χ4v) is 3.38. The third-order valence-electron chi connectivity index (χ3n) is 2.70. The van der Waals surface area contributed by atoms with Gasteiger partial charge in [0.25, 0.3) is 0 Å². The molecule has 1 saturated heterocycles. The van der Waals surface area contributed by atoms with Gasteiger partial charge in [-0.15, -0.1) is 0 Å². The summed E-state index contributed by atoms with van der Waals surface area (Å²) >= 11 is 2.14. The lowest BCUT2D eigenvalue weighted by molar-refractivity contribution is 0.194. The standard InChI is InChI=1S/C10H21NS/c1-4-6-11-7-8-12-9(3)10(11)5-2/h9-10H,4-8H2,1-3H3. The van der Waals surface area contributed by atoms with Crippen LogP contribution in [0.3, 0.4) is 0 Å². The average Bonchev–Trinajstić information content (AvgIpc) is 2.05. The minimum Gasteiger partial charge on any atom is -0.298 e. The van der Waals surface area contributed by atoms with Crippen molar-refractivity contribution < 1.29 is 0 Å². The molecule has 72 valence electrons. The van der Waals surface area contributed by atoms with E-state index >= 15 is 0 Å². The van der Waals surface area contributed by atoms with Crippen LogP contribution in [0.5, 0.6) is 0 Å². The Morgan fingerprint density at radius 3 is 2.75 bits per heavy atom. The van der Waals surface area contributed by atoms with Crippen LogP contribution in [-0.2, 0) is 0 Å². The van der Waals surface area contributed by atoms with E-state index in [2.05, 4.69) is 37.4 Å². The first-order chi connectivity index (χ1) is 5.79. The molecule has 0 bridgehead atoms. The van der Waals surface area contributed by atoms with Crippen LogP contribution in [0.25, 0.3) is 0 Å². The molecule has 0 aliphatic carbocycles. The molecule has 2 heteroatoms. The average molecular weight is 187 g/mol. The maximum absolute atomic E-state index is 2.67. The molecule has 1 heterocycles. The highest BCUT2D eigenvalue weighted by atomic mass is 32.2. The second kappa shape index (κ2) is 5.13. The number of rotatable bonds is 3. The molecule has 1 fully saturated rings. The summed E-state index contributed by atoms with van der Waals surface area (Å²) in [5.41, 5.74) is 0. The van der Waals surface area contributed by atoms with Gasteiger partial charge in [-0.1, -0.05) is 20.8 Å². The van der Waals surface area contributed by atoms with Crippen LogP contribution >= 0.6 is 11.8 Å². The highest BCUT2D eigenvalue weighted by Gasteiger charge is 2.26. The van der Waals surface area contributed by atoms with Crippen molar-refractivity contribution in [3.8, 4) is 0 Å². The molecule has 0 aromatic rings. The summed E-state index contributed by atoms with van der Waals surface area (Å²) in [5.74, 6) is 1.33. The van der Waals surface area contributed by atoms with Crippen molar-refractivity contribution in [1.29, 1.82) is 0 Å². The molecule has 0 aromatic carbocycles. The molecule has 1 aliphatic rings. The monoisotopic (exact) mass is 187 g/mol. The zero-order valence-corrected chi connectivity index (χ0v) is 9.36. The van der Waals surface area contributed by atoms with Gasteiger partial charge in [-0.2, -0.15) is 11.8 Å². The Labute approximate surface area is 80.9 Å². The van der Waals surface area contributed by atoms with Crippen molar-refractivity contribution in [3.05, 3.63) is 0 Å². The number of nitrogens with zero attached hydrogens (tertiary/aromatic N) is 1. The fraction of sp³-hybridized carbons (Fsp3) is 1.00. The third kappa shape index (κ3) is 2.40. The first-order valence-electron chi connectivity index (χ1n) is 5.15. The van der Waals surface area contributed by atoms with Gasteiger partial charge in [0.1, 0.15) is 0 Å². The molecule has 0 amide bonds. The Bertz CT molecular complexity index is 125. The quantitative estimate of drug-likeness (QED) is 0.668. The van der Waals surface area contributed by atoms with E-state index in [1.54, 1.807) is 0 Å². The molecule has 2 atom stereocenters. The Morgan fingerprint density at radius 2 is 2.17 bits per heavy atom. The second-order valence-corrected chi connectivity index (χ2v) is 5.07. The predicted molar refractivity (Wildman–Crippen MR) is 57.9 cm³/mol. The number of hydrogen-bond donors (Lipinski definition) is 0. The molecule has 1 nitrogen and oxygen atoms in total. The summed E-state index contributed by atoms with van der Waals surface area (Å²) < 4.78 is 0. The van der Waals surface area contributed by atoms with Crippen LogP contribution in [0.4, 0.5) is 0 Å². The summed E-state index contributed by atoms with van der Waals surface area (Å²) in [6.45, 7) is 9.57. The summed E-state index contributed by atoms with van der Waals surface area (Å²) in [6, 6.07) is 0.837.